The lowest BCUT2D eigenvalue weighted by Gasteiger charge is -2.07. The smallest absolute Gasteiger partial charge is 0.159 e. The highest BCUT2D eigenvalue weighted by atomic mass is 16.3. The van der Waals surface area contributed by atoms with Crippen LogP contribution in [0.4, 0.5) is 0 Å². The number of pyridine rings is 1. The highest BCUT2D eigenvalue weighted by Crippen LogP contribution is 2.34. The summed E-state index contributed by atoms with van der Waals surface area (Å²) in [5.41, 5.74) is 6.42. The topological polar surface area (TPSA) is 79.6 Å². The van der Waals surface area contributed by atoms with Crippen LogP contribution in [0.2, 0.25) is 0 Å². The van der Waals surface area contributed by atoms with E-state index in [9.17, 15) is 5.11 Å². The van der Waals surface area contributed by atoms with Crippen LogP contribution in [0.5, 0.6) is 0 Å². The van der Waals surface area contributed by atoms with Crippen LogP contribution in [-0.2, 0) is 13.7 Å². The van der Waals surface area contributed by atoms with Gasteiger partial charge in [0.1, 0.15) is 5.69 Å². The SMILES string of the molecule is Cn1nc(-c2nc3c(CO)cccc3[nH]2)c2cc(-c3cncc4ccccc34)ccc21. The van der Waals surface area contributed by atoms with Crippen molar-refractivity contribution in [2.45, 2.75) is 6.61 Å². The van der Waals surface area contributed by atoms with E-state index in [2.05, 4.69) is 40.3 Å². The van der Waals surface area contributed by atoms with Crippen molar-refractivity contribution in [3.8, 4) is 22.6 Å². The van der Waals surface area contributed by atoms with Crippen molar-refractivity contribution < 1.29 is 5.11 Å². The lowest BCUT2D eigenvalue weighted by molar-refractivity contribution is 0.283. The van der Waals surface area contributed by atoms with E-state index in [-0.39, 0.29) is 6.61 Å². The van der Waals surface area contributed by atoms with Gasteiger partial charge >= 0.3 is 0 Å². The molecule has 0 aliphatic rings. The number of H-pyrrole nitrogens is 1. The van der Waals surface area contributed by atoms with Crippen LogP contribution >= 0.6 is 0 Å². The van der Waals surface area contributed by atoms with Gasteiger partial charge in [0.25, 0.3) is 0 Å². The van der Waals surface area contributed by atoms with Gasteiger partial charge in [-0.15, -0.1) is 0 Å². The quantitative estimate of drug-likeness (QED) is 0.442. The molecule has 0 aliphatic heterocycles. The van der Waals surface area contributed by atoms with Gasteiger partial charge in [0.2, 0.25) is 0 Å². The molecule has 0 unspecified atom stereocenters. The Labute approximate surface area is 177 Å². The number of aromatic nitrogens is 5. The fourth-order valence-corrected chi connectivity index (χ4v) is 4.29. The van der Waals surface area contributed by atoms with Crippen LogP contribution in [0.25, 0.3) is 55.4 Å². The lowest BCUT2D eigenvalue weighted by atomic mass is 9.99. The third-order valence-corrected chi connectivity index (χ3v) is 5.82. The monoisotopic (exact) mass is 405 g/mol. The number of hydrogen-bond donors (Lipinski definition) is 2. The van der Waals surface area contributed by atoms with Crippen LogP contribution < -0.4 is 0 Å². The van der Waals surface area contributed by atoms with E-state index in [1.54, 1.807) is 0 Å². The van der Waals surface area contributed by atoms with Crippen LogP contribution in [0.1, 0.15) is 5.56 Å². The molecule has 0 saturated heterocycles. The molecule has 0 fully saturated rings. The first kappa shape index (κ1) is 17.8. The molecule has 3 aromatic carbocycles. The molecule has 0 saturated carbocycles. The molecule has 6 aromatic rings. The molecule has 0 bridgehead atoms. The number of nitrogens with zero attached hydrogens (tertiary/aromatic N) is 4. The van der Waals surface area contributed by atoms with Gasteiger partial charge < -0.3 is 10.1 Å². The number of para-hydroxylation sites is 1. The molecule has 2 N–H and O–H groups in total. The molecule has 0 aliphatic carbocycles. The lowest BCUT2D eigenvalue weighted by Crippen LogP contribution is -1.90. The van der Waals surface area contributed by atoms with Crippen LogP contribution in [0, 0.1) is 0 Å². The predicted molar refractivity (Wildman–Crippen MR) is 122 cm³/mol. The zero-order chi connectivity index (χ0) is 20.9. The first-order chi connectivity index (χ1) is 15.2. The fraction of sp³-hybridized carbons (Fsp3) is 0.0800. The highest BCUT2D eigenvalue weighted by molar-refractivity contribution is 6.01. The van der Waals surface area contributed by atoms with Gasteiger partial charge in [-0.2, -0.15) is 5.10 Å². The Kier molecular flexibility index (Phi) is 3.88. The van der Waals surface area contributed by atoms with Crippen molar-refractivity contribution in [1.29, 1.82) is 0 Å². The number of imidazole rings is 1. The molecule has 0 spiro atoms. The van der Waals surface area contributed by atoms with E-state index < -0.39 is 0 Å². The molecule has 0 atom stereocenters. The van der Waals surface area contributed by atoms with Crippen molar-refractivity contribution in [3.63, 3.8) is 0 Å². The summed E-state index contributed by atoms with van der Waals surface area (Å²) in [5.74, 6) is 0.690. The minimum absolute atomic E-state index is 0.0527. The van der Waals surface area contributed by atoms with Crippen molar-refractivity contribution >= 4 is 32.7 Å². The van der Waals surface area contributed by atoms with E-state index in [0.29, 0.717) is 5.82 Å². The molecule has 6 rings (SSSR count). The number of hydrogen-bond acceptors (Lipinski definition) is 4. The van der Waals surface area contributed by atoms with Gasteiger partial charge in [0.05, 0.1) is 23.2 Å². The minimum Gasteiger partial charge on any atom is -0.392 e. The number of aliphatic hydroxyl groups excluding tert-OH is 1. The maximum atomic E-state index is 9.66. The average molecular weight is 405 g/mol. The summed E-state index contributed by atoms with van der Waals surface area (Å²) in [6.45, 7) is -0.0527. The Hall–Kier alpha value is -4.03. The number of rotatable bonds is 3. The van der Waals surface area contributed by atoms with Crippen molar-refractivity contribution in [3.05, 3.63) is 78.6 Å². The number of aliphatic hydroxyl groups is 1. The molecule has 0 radical (unpaired) electrons. The number of aryl methyl sites for hydroxylation is 1. The number of benzene rings is 3. The summed E-state index contributed by atoms with van der Waals surface area (Å²) in [6.07, 6.45) is 3.80. The first-order valence-corrected chi connectivity index (χ1v) is 10.1. The van der Waals surface area contributed by atoms with Gasteiger partial charge in [-0.25, -0.2) is 4.98 Å². The van der Waals surface area contributed by atoms with Crippen LogP contribution in [0.15, 0.2) is 73.1 Å². The summed E-state index contributed by atoms with van der Waals surface area (Å²) in [4.78, 5) is 12.6. The Morgan fingerprint density at radius 2 is 1.87 bits per heavy atom. The molecular weight excluding hydrogens is 386 g/mol. The van der Waals surface area contributed by atoms with Gasteiger partial charge in [0.15, 0.2) is 5.82 Å². The number of nitrogens with one attached hydrogen (secondary N) is 1. The van der Waals surface area contributed by atoms with Gasteiger partial charge in [-0.1, -0.05) is 42.5 Å². The molecule has 6 nitrogen and oxygen atoms in total. The summed E-state index contributed by atoms with van der Waals surface area (Å²) < 4.78 is 1.87. The molecule has 6 heteroatoms. The zero-order valence-corrected chi connectivity index (χ0v) is 16.9. The third kappa shape index (κ3) is 2.73. The molecular formula is C25H19N5O. The number of aromatic amines is 1. The van der Waals surface area contributed by atoms with Gasteiger partial charge in [0, 0.05) is 41.3 Å². The molecule has 3 aromatic heterocycles. The second kappa shape index (κ2) is 6.75. The maximum absolute atomic E-state index is 9.66. The van der Waals surface area contributed by atoms with E-state index >= 15 is 0 Å². The van der Waals surface area contributed by atoms with Crippen molar-refractivity contribution in [2.24, 2.45) is 7.05 Å². The summed E-state index contributed by atoms with van der Waals surface area (Å²) >= 11 is 0. The molecule has 3 heterocycles. The summed E-state index contributed by atoms with van der Waals surface area (Å²) in [5, 5.41) is 17.7. The Balaban J connectivity index is 1.59. The second-order valence-electron chi connectivity index (χ2n) is 7.67. The molecule has 31 heavy (non-hydrogen) atoms. The predicted octanol–water partition coefficient (Wildman–Crippen LogP) is 4.82. The summed E-state index contributed by atoms with van der Waals surface area (Å²) in [7, 11) is 1.94. The highest BCUT2D eigenvalue weighted by Gasteiger charge is 2.17. The third-order valence-electron chi connectivity index (χ3n) is 5.82. The zero-order valence-electron chi connectivity index (χ0n) is 16.9. The second-order valence-corrected chi connectivity index (χ2v) is 7.67. The standard InChI is InChI=1S/C25H19N5O/c1-30-22-10-9-15(20-13-26-12-16-5-2-3-7-18(16)20)11-19(22)24(29-30)25-27-21-8-4-6-17(14-31)23(21)28-25/h2-13,31H,14H2,1H3,(H,27,28). The Morgan fingerprint density at radius 3 is 2.77 bits per heavy atom. The van der Waals surface area contributed by atoms with Crippen molar-refractivity contribution in [1.82, 2.24) is 24.7 Å². The fourth-order valence-electron chi connectivity index (χ4n) is 4.29. The normalized spacial score (nSPS) is 11.7. The largest absolute Gasteiger partial charge is 0.392 e. The van der Waals surface area contributed by atoms with E-state index in [4.69, 9.17) is 10.1 Å². The molecule has 0 amide bonds. The van der Waals surface area contributed by atoms with Crippen LogP contribution in [0.3, 0.4) is 0 Å². The first-order valence-electron chi connectivity index (χ1n) is 10.1. The van der Waals surface area contributed by atoms with E-state index in [1.165, 1.54) is 5.39 Å². The molecule has 150 valence electrons. The van der Waals surface area contributed by atoms with Crippen LogP contribution in [-0.4, -0.2) is 29.8 Å². The van der Waals surface area contributed by atoms with Gasteiger partial charge in [-0.3, -0.25) is 9.67 Å². The van der Waals surface area contributed by atoms with E-state index in [1.807, 2.05) is 54.5 Å². The number of fused-ring (bicyclic) bond motifs is 3. The average Bonchev–Trinajstić information content (AvgIpc) is 3.39. The van der Waals surface area contributed by atoms with Crippen molar-refractivity contribution in [2.75, 3.05) is 0 Å². The van der Waals surface area contributed by atoms with E-state index in [0.717, 1.165) is 49.7 Å². The minimum atomic E-state index is -0.0527. The maximum Gasteiger partial charge on any atom is 0.159 e. The Bertz CT molecular complexity index is 1590. The summed E-state index contributed by atoms with van der Waals surface area (Å²) in [6, 6.07) is 20.4. The Morgan fingerprint density at radius 1 is 0.968 bits per heavy atom. The van der Waals surface area contributed by atoms with Gasteiger partial charge in [-0.05, 0) is 29.1 Å².